The second kappa shape index (κ2) is 4.90. The Morgan fingerprint density at radius 3 is 2.84 bits per heavy atom. The van der Waals surface area contributed by atoms with Gasteiger partial charge in [0.25, 0.3) is 0 Å². The summed E-state index contributed by atoms with van der Waals surface area (Å²) in [5.74, 6) is 0.861. The predicted molar refractivity (Wildman–Crippen MR) is 72.7 cm³/mol. The van der Waals surface area contributed by atoms with Crippen molar-refractivity contribution < 1.29 is 14.3 Å². The van der Waals surface area contributed by atoms with Crippen molar-refractivity contribution in [3.8, 4) is 0 Å². The van der Waals surface area contributed by atoms with E-state index < -0.39 is 0 Å². The van der Waals surface area contributed by atoms with Crippen LogP contribution >= 0.6 is 0 Å². The highest BCUT2D eigenvalue weighted by atomic mass is 16.5. The monoisotopic (exact) mass is 257 g/mol. The lowest BCUT2D eigenvalue weighted by Gasteiger charge is -2.00. The molecule has 0 unspecified atom stereocenters. The first-order valence-corrected chi connectivity index (χ1v) is 6.44. The molecule has 0 radical (unpaired) electrons. The molecule has 0 aliphatic heterocycles. The van der Waals surface area contributed by atoms with Crippen LogP contribution in [-0.4, -0.2) is 11.7 Å². The molecule has 3 aromatic rings. The van der Waals surface area contributed by atoms with Crippen LogP contribution in [0.1, 0.15) is 18.6 Å². The summed E-state index contributed by atoms with van der Waals surface area (Å²) >= 11 is 0. The summed E-state index contributed by atoms with van der Waals surface area (Å²) < 4.78 is 6.55. The van der Waals surface area contributed by atoms with Crippen LogP contribution in [0.3, 0.4) is 0 Å². The molecule has 0 aliphatic carbocycles. The molecule has 1 aromatic carbocycles. The van der Waals surface area contributed by atoms with E-state index in [0.29, 0.717) is 11.1 Å². The number of fused-ring (bicyclic) bond motifs is 3. The number of nitrogens with zero attached hydrogens (tertiary/aromatic N) is 1. The number of furan rings is 1. The van der Waals surface area contributed by atoms with E-state index in [2.05, 4.69) is 0 Å². The standard InChI is InChI=1S/C15H15NO3/c17-8-4-3-5-11-9-13-12-6-1-2-7-14(12)16(18)10-15(13)19-11/h1-2,6-7,9-10,17H,3-5,8H2. The zero-order valence-corrected chi connectivity index (χ0v) is 10.5. The Bertz CT molecular complexity index is 718. The molecule has 19 heavy (non-hydrogen) atoms. The van der Waals surface area contributed by atoms with Gasteiger partial charge >= 0.3 is 0 Å². The number of para-hydroxylation sites is 1. The third-order valence-electron chi connectivity index (χ3n) is 3.31. The van der Waals surface area contributed by atoms with Gasteiger partial charge in [-0.3, -0.25) is 0 Å². The number of hydrogen-bond acceptors (Lipinski definition) is 3. The lowest BCUT2D eigenvalue weighted by atomic mass is 10.1. The van der Waals surface area contributed by atoms with E-state index in [0.717, 1.165) is 40.5 Å². The maximum atomic E-state index is 11.9. The molecular formula is C15H15NO3. The number of pyridine rings is 1. The van der Waals surface area contributed by atoms with E-state index in [4.69, 9.17) is 9.52 Å². The Hall–Kier alpha value is -2.07. The summed E-state index contributed by atoms with van der Waals surface area (Å²) in [6.45, 7) is 0.198. The number of aliphatic hydroxyl groups is 1. The Labute approximate surface area is 110 Å². The van der Waals surface area contributed by atoms with Gasteiger partial charge in [-0.15, -0.1) is 0 Å². The third kappa shape index (κ3) is 2.15. The van der Waals surface area contributed by atoms with E-state index in [9.17, 15) is 5.21 Å². The first-order valence-electron chi connectivity index (χ1n) is 6.44. The van der Waals surface area contributed by atoms with E-state index in [1.165, 1.54) is 6.20 Å². The summed E-state index contributed by atoms with van der Waals surface area (Å²) in [5, 5.41) is 22.6. The van der Waals surface area contributed by atoms with Crippen molar-refractivity contribution in [2.24, 2.45) is 0 Å². The number of aryl methyl sites for hydroxylation is 1. The predicted octanol–water partition coefficient (Wildman–Crippen LogP) is 2.53. The highest BCUT2D eigenvalue weighted by Gasteiger charge is 2.13. The third-order valence-corrected chi connectivity index (χ3v) is 3.31. The lowest BCUT2D eigenvalue weighted by Crippen LogP contribution is -2.25. The van der Waals surface area contributed by atoms with E-state index in [1.54, 1.807) is 6.07 Å². The van der Waals surface area contributed by atoms with Crippen molar-refractivity contribution in [2.45, 2.75) is 19.3 Å². The molecule has 2 heterocycles. The Morgan fingerprint density at radius 1 is 1.16 bits per heavy atom. The number of unbranched alkanes of at least 4 members (excludes halogenated alkanes) is 1. The van der Waals surface area contributed by atoms with Crippen molar-refractivity contribution in [1.29, 1.82) is 0 Å². The van der Waals surface area contributed by atoms with Gasteiger partial charge in [-0.1, -0.05) is 12.1 Å². The van der Waals surface area contributed by atoms with Gasteiger partial charge in [-0.25, -0.2) is 0 Å². The number of benzene rings is 1. The zero-order chi connectivity index (χ0) is 13.2. The van der Waals surface area contributed by atoms with Gasteiger partial charge in [0, 0.05) is 24.5 Å². The molecule has 0 aliphatic rings. The topological polar surface area (TPSA) is 60.3 Å². The molecule has 0 bridgehead atoms. The lowest BCUT2D eigenvalue weighted by molar-refractivity contribution is -0.575. The van der Waals surface area contributed by atoms with Gasteiger partial charge in [-0.05, 0) is 25.0 Å². The molecule has 0 spiro atoms. The molecule has 4 nitrogen and oxygen atoms in total. The molecular weight excluding hydrogens is 242 g/mol. The molecule has 1 N–H and O–H groups in total. The quantitative estimate of drug-likeness (QED) is 0.444. The normalized spacial score (nSPS) is 11.4. The molecule has 0 fully saturated rings. The number of aromatic nitrogens is 1. The van der Waals surface area contributed by atoms with Crippen molar-refractivity contribution in [3.05, 3.63) is 47.5 Å². The molecule has 2 aromatic heterocycles. The van der Waals surface area contributed by atoms with Crippen molar-refractivity contribution in [2.75, 3.05) is 6.61 Å². The van der Waals surface area contributed by atoms with Gasteiger partial charge in [0.1, 0.15) is 5.76 Å². The van der Waals surface area contributed by atoms with Gasteiger partial charge in [0.15, 0.2) is 5.58 Å². The summed E-state index contributed by atoms with van der Waals surface area (Å²) in [7, 11) is 0. The molecule has 98 valence electrons. The van der Waals surface area contributed by atoms with Crippen molar-refractivity contribution in [3.63, 3.8) is 0 Å². The van der Waals surface area contributed by atoms with Crippen LogP contribution in [0.4, 0.5) is 0 Å². The Kier molecular flexibility index (Phi) is 3.09. The Balaban J connectivity index is 2.09. The summed E-state index contributed by atoms with van der Waals surface area (Å²) in [6, 6.07) is 9.50. The zero-order valence-electron chi connectivity index (χ0n) is 10.5. The molecule has 0 saturated carbocycles. The number of rotatable bonds is 4. The largest absolute Gasteiger partial charge is 0.618 e. The minimum Gasteiger partial charge on any atom is -0.618 e. The van der Waals surface area contributed by atoms with Crippen molar-refractivity contribution >= 4 is 21.9 Å². The maximum absolute atomic E-state index is 11.9. The van der Waals surface area contributed by atoms with Crippen LogP contribution in [0.5, 0.6) is 0 Å². The van der Waals surface area contributed by atoms with E-state index in [-0.39, 0.29) is 6.61 Å². The number of hydrogen-bond donors (Lipinski definition) is 1. The van der Waals surface area contributed by atoms with Gasteiger partial charge < -0.3 is 14.7 Å². The summed E-state index contributed by atoms with van der Waals surface area (Å²) in [4.78, 5) is 0. The molecule has 0 amide bonds. The van der Waals surface area contributed by atoms with Crippen LogP contribution in [-0.2, 0) is 6.42 Å². The summed E-state index contributed by atoms with van der Waals surface area (Å²) in [5.41, 5.74) is 1.27. The highest BCUT2D eigenvalue weighted by Crippen LogP contribution is 2.26. The van der Waals surface area contributed by atoms with Crippen molar-refractivity contribution in [1.82, 2.24) is 0 Å². The smallest absolute Gasteiger partial charge is 0.224 e. The first-order chi connectivity index (χ1) is 9.29. The molecule has 0 saturated heterocycles. The fourth-order valence-corrected chi connectivity index (χ4v) is 2.37. The fourth-order valence-electron chi connectivity index (χ4n) is 2.37. The van der Waals surface area contributed by atoms with Crippen LogP contribution in [0.2, 0.25) is 0 Å². The van der Waals surface area contributed by atoms with Gasteiger partial charge in [0.05, 0.1) is 5.39 Å². The maximum Gasteiger partial charge on any atom is 0.224 e. The van der Waals surface area contributed by atoms with Crippen LogP contribution in [0.15, 0.2) is 40.9 Å². The second-order valence-corrected chi connectivity index (χ2v) is 4.64. The van der Waals surface area contributed by atoms with Gasteiger partial charge in [-0.2, -0.15) is 4.73 Å². The van der Waals surface area contributed by atoms with Crippen LogP contribution in [0, 0.1) is 5.21 Å². The minimum atomic E-state index is 0.198. The van der Waals surface area contributed by atoms with Crippen LogP contribution < -0.4 is 4.73 Å². The van der Waals surface area contributed by atoms with Crippen LogP contribution in [0.25, 0.3) is 21.9 Å². The average Bonchev–Trinajstić information content (AvgIpc) is 2.82. The second-order valence-electron chi connectivity index (χ2n) is 4.64. The van der Waals surface area contributed by atoms with Gasteiger partial charge in [0.2, 0.25) is 11.7 Å². The minimum absolute atomic E-state index is 0.198. The van der Waals surface area contributed by atoms with E-state index >= 15 is 0 Å². The Morgan fingerprint density at radius 2 is 2.00 bits per heavy atom. The molecule has 3 rings (SSSR count). The number of aliphatic hydroxyl groups excluding tert-OH is 1. The molecule has 4 heteroatoms. The summed E-state index contributed by atoms with van der Waals surface area (Å²) in [6.07, 6.45) is 3.90. The highest BCUT2D eigenvalue weighted by molar-refractivity contribution is 6.02. The first kappa shape index (κ1) is 12.0. The average molecular weight is 257 g/mol. The van der Waals surface area contributed by atoms with E-state index in [1.807, 2.05) is 24.3 Å². The SMILES string of the molecule is [O-][n+]1cc2oc(CCCCO)cc2c2ccccc21. The molecule has 0 atom stereocenters. The fraction of sp³-hybridized carbons (Fsp3) is 0.267.